The van der Waals surface area contributed by atoms with Gasteiger partial charge in [0.25, 0.3) is 0 Å². The summed E-state index contributed by atoms with van der Waals surface area (Å²) in [4.78, 5) is 32.4. The predicted molar refractivity (Wildman–Crippen MR) is 97.9 cm³/mol. The highest BCUT2D eigenvalue weighted by Crippen LogP contribution is 2.20. The van der Waals surface area contributed by atoms with E-state index in [1.54, 1.807) is 6.20 Å². The van der Waals surface area contributed by atoms with Gasteiger partial charge in [-0.15, -0.1) is 0 Å². The molecular formula is C19H30N4O2. The molecule has 2 amide bonds. The average Bonchev–Trinajstić information content (AvgIpc) is 2.64. The van der Waals surface area contributed by atoms with Gasteiger partial charge in [0.15, 0.2) is 0 Å². The van der Waals surface area contributed by atoms with Gasteiger partial charge in [-0.1, -0.05) is 19.9 Å². The highest BCUT2D eigenvalue weighted by Gasteiger charge is 2.24. The third-order valence-corrected chi connectivity index (χ3v) is 4.77. The minimum Gasteiger partial charge on any atom is -0.347 e. The van der Waals surface area contributed by atoms with E-state index in [0.717, 1.165) is 19.5 Å². The minimum atomic E-state index is -0.0362. The van der Waals surface area contributed by atoms with E-state index >= 15 is 0 Å². The molecule has 2 heterocycles. The van der Waals surface area contributed by atoms with Crippen LogP contribution < -0.4 is 5.32 Å². The van der Waals surface area contributed by atoms with Crippen LogP contribution in [0.5, 0.6) is 0 Å². The average molecular weight is 346 g/mol. The number of carbonyl (C=O) groups is 2. The van der Waals surface area contributed by atoms with Crippen LogP contribution in [0, 0.1) is 5.92 Å². The lowest BCUT2D eigenvalue weighted by Gasteiger charge is -2.38. The third kappa shape index (κ3) is 6.12. The Morgan fingerprint density at radius 3 is 2.52 bits per heavy atom. The van der Waals surface area contributed by atoms with Crippen molar-refractivity contribution in [1.82, 2.24) is 20.1 Å². The van der Waals surface area contributed by atoms with Gasteiger partial charge in [0.05, 0.1) is 6.54 Å². The second kappa shape index (κ2) is 9.51. The van der Waals surface area contributed by atoms with Gasteiger partial charge in [0.2, 0.25) is 11.8 Å². The normalized spacial score (nSPS) is 16.7. The van der Waals surface area contributed by atoms with Crippen LogP contribution in [0.1, 0.15) is 45.2 Å². The molecule has 6 heteroatoms. The van der Waals surface area contributed by atoms with Gasteiger partial charge >= 0.3 is 0 Å². The van der Waals surface area contributed by atoms with Crippen LogP contribution in [0.3, 0.4) is 0 Å². The molecule has 0 bridgehead atoms. The maximum atomic E-state index is 12.3. The van der Waals surface area contributed by atoms with Gasteiger partial charge in [-0.25, -0.2) is 0 Å². The topological polar surface area (TPSA) is 65.5 Å². The van der Waals surface area contributed by atoms with Crippen molar-refractivity contribution in [3.8, 4) is 0 Å². The Kier molecular flexibility index (Phi) is 7.37. The van der Waals surface area contributed by atoms with Crippen molar-refractivity contribution < 1.29 is 9.59 Å². The summed E-state index contributed by atoms with van der Waals surface area (Å²) in [7, 11) is 0. The molecule has 1 aromatic heterocycles. The lowest BCUT2D eigenvalue weighted by atomic mass is 10.1. The smallest absolute Gasteiger partial charge is 0.242 e. The largest absolute Gasteiger partial charge is 0.347 e. The van der Waals surface area contributed by atoms with Crippen LogP contribution in [0.2, 0.25) is 0 Å². The van der Waals surface area contributed by atoms with Gasteiger partial charge in [-0.05, 0) is 30.9 Å². The van der Waals surface area contributed by atoms with Gasteiger partial charge in [-0.3, -0.25) is 19.5 Å². The zero-order chi connectivity index (χ0) is 18.2. The van der Waals surface area contributed by atoms with Crippen LogP contribution in [-0.4, -0.2) is 59.3 Å². The number of piperazine rings is 1. The molecule has 1 N–H and O–H groups in total. The van der Waals surface area contributed by atoms with Gasteiger partial charge in [-0.2, -0.15) is 0 Å². The lowest BCUT2D eigenvalue weighted by Crippen LogP contribution is -2.51. The molecule has 1 fully saturated rings. The molecular weight excluding hydrogens is 316 g/mol. The first-order chi connectivity index (χ1) is 12.0. The standard InChI is InChI=1S/C19H30N4O2/c1-15(2)6-7-18(24)21-14-19(25)23-11-9-22(10-12-23)16(3)17-5-4-8-20-13-17/h4-5,8,13,15-16H,6-7,9-12,14H2,1-3H3,(H,21,24)/t16-/m0/s1. The third-order valence-electron chi connectivity index (χ3n) is 4.77. The summed E-state index contributed by atoms with van der Waals surface area (Å²) >= 11 is 0. The monoisotopic (exact) mass is 346 g/mol. The van der Waals surface area contributed by atoms with Crippen LogP contribution >= 0.6 is 0 Å². The van der Waals surface area contributed by atoms with E-state index in [9.17, 15) is 9.59 Å². The van der Waals surface area contributed by atoms with E-state index in [1.807, 2.05) is 17.2 Å². The molecule has 0 saturated carbocycles. The van der Waals surface area contributed by atoms with Crippen molar-refractivity contribution in [2.24, 2.45) is 5.92 Å². The number of hydrogen-bond donors (Lipinski definition) is 1. The van der Waals surface area contributed by atoms with Crippen LogP contribution in [0.4, 0.5) is 0 Å². The lowest BCUT2D eigenvalue weighted by molar-refractivity contribution is -0.134. The fourth-order valence-electron chi connectivity index (χ4n) is 2.99. The first kappa shape index (κ1) is 19.4. The summed E-state index contributed by atoms with van der Waals surface area (Å²) in [5.41, 5.74) is 1.19. The second-order valence-electron chi connectivity index (χ2n) is 7.09. The maximum Gasteiger partial charge on any atom is 0.242 e. The summed E-state index contributed by atoms with van der Waals surface area (Å²) in [5.74, 6) is 0.466. The minimum absolute atomic E-state index is 0.00609. The number of rotatable bonds is 7. The van der Waals surface area contributed by atoms with E-state index in [4.69, 9.17) is 0 Å². The van der Waals surface area contributed by atoms with Crippen LogP contribution in [0.15, 0.2) is 24.5 Å². The molecule has 1 aliphatic heterocycles. The van der Waals surface area contributed by atoms with Gasteiger partial charge in [0.1, 0.15) is 0 Å². The van der Waals surface area contributed by atoms with E-state index in [1.165, 1.54) is 5.56 Å². The fourth-order valence-corrected chi connectivity index (χ4v) is 2.99. The molecule has 0 radical (unpaired) electrons. The number of amides is 2. The molecule has 1 aliphatic rings. The number of carbonyl (C=O) groups excluding carboxylic acids is 2. The number of hydrogen-bond acceptors (Lipinski definition) is 4. The van der Waals surface area contributed by atoms with E-state index in [2.05, 4.69) is 42.0 Å². The summed E-state index contributed by atoms with van der Waals surface area (Å²) in [6.07, 6.45) is 5.02. The first-order valence-corrected chi connectivity index (χ1v) is 9.16. The fraction of sp³-hybridized carbons (Fsp3) is 0.632. The van der Waals surface area contributed by atoms with Crippen molar-refractivity contribution in [3.63, 3.8) is 0 Å². The molecule has 0 unspecified atom stereocenters. The zero-order valence-corrected chi connectivity index (χ0v) is 15.6. The molecule has 0 spiro atoms. The van der Waals surface area contributed by atoms with E-state index in [-0.39, 0.29) is 18.4 Å². The molecule has 25 heavy (non-hydrogen) atoms. The molecule has 2 rings (SSSR count). The molecule has 1 saturated heterocycles. The van der Waals surface area contributed by atoms with Gasteiger partial charge in [0, 0.05) is 51.0 Å². The number of nitrogens with one attached hydrogen (secondary N) is 1. The SMILES string of the molecule is CC(C)CCC(=O)NCC(=O)N1CCN([C@@H](C)c2cccnc2)CC1. The van der Waals surface area contributed by atoms with Crippen molar-refractivity contribution in [1.29, 1.82) is 0 Å². The van der Waals surface area contributed by atoms with Crippen molar-refractivity contribution in [2.75, 3.05) is 32.7 Å². The van der Waals surface area contributed by atoms with Crippen molar-refractivity contribution in [3.05, 3.63) is 30.1 Å². The Bertz CT molecular complexity index is 554. The quantitative estimate of drug-likeness (QED) is 0.818. The summed E-state index contributed by atoms with van der Waals surface area (Å²) in [6.45, 7) is 9.52. The molecule has 0 aromatic carbocycles. The number of pyridine rings is 1. The Morgan fingerprint density at radius 1 is 1.20 bits per heavy atom. The van der Waals surface area contributed by atoms with E-state index in [0.29, 0.717) is 31.5 Å². The molecule has 1 aromatic rings. The van der Waals surface area contributed by atoms with E-state index < -0.39 is 0 Å². The summed E-state index contributed by atoms with van der Waals surface area (Å²) in [5, 5.41) is 2.74. The highest BCUT2D eigenvalue weighted by molar-refractivity contribution is 5.84. The Labute approximate surface area is 150 Å². The maximum absolute atomic E-state index is 12.3. The molecule has 138 valence electrons. The summed E-state index contributed by atoms with van der Waals surface area (Å²) in [6, 6.07) is 4.33. The first-order valence-electron chi connectivity index (χ1n) is 9.16. The Balaban J connectivity index is 1.72. The van der Waals surface area contributed by atoms with Gasteiger partial charge < -0.3 is 10.2 Å². The molecule has 6 nitrogen and oxygen atoms in total. The van der Waals surface area contributed by atoms with Crippen molar-refractivity contribution >= 4 is 11.8 Å². The highest BCUT2D eigenvalue weighted by atomic mass is 16.2. The predicted octanol–water partition coefficient (Wildman–Crippen LogP) is 1.84. The van der Waals surface area contributed by atoms with Crippen LogP contribution in [-0.2, 0) is 9.59 Å². The number of nitrogens with zero attached hydrogens (tertiary/aromatic N) is 3. The summed E-state index contributed by atoms with van der Waals surface area (Å²) < 4.78 is 0. The van der Waals surface area contributed by atoms with Crippen LogP contribution in [0.25, 0.3) is 0 Å². The molecule has 1 atom stereocenters. The number of aromatic nitrogens is 1. The second-order valence-corrected chi connectivity index (χ2v) is 7.09. The zero-order valence-electron chi connectivity index (χ0n) is 15.6. The Morgan fingerprint density at radius 2 is 1.92 bits per heavy atom. The van der Waals surface area contributed by atoms with Crippen molar-refractivity contribution in [2.45, 2.75) is 39.7 Å². The Hall–Kier alpha value is -1.95. The molecule has 0 aliphatic carbocycles.